The Morgan fingerprint density at radius 1 is 0.806 bits per heavy atom. The van der Waals surface area contributed by atoms with Crippen molar-refractivity contribution in [2.75, 3.05) is 7.11 Å². The van der Waals surface area contributed by atoms with E-state index in [1.807, 2.05) is 66.7 Å². The van der Waals surface area contributed by atoms with Crippen LogP contribution in [0.15, 0.2) is 66.7 Å². The highest BCUT2D eigenvalue weighted by molar-refractivity contribution is 6.14. The lowest BCUT2D eigenvalue weighted by Crippen LogP contribution is -1.99. The Morgan fingerprint density at radius 2 is 1.42 bits per heavy atom. The molecule has 4 nitrogen and oxygen atoms in total. The van der Waals surface area contributed by atoms with Crippen LogP contribution in [0.3, 0.4) is 0 Å². The van der Waals surface area contributed by atoms with Gasteiger partial charge in [-0.1, -0.05) is 57.2 Å². The number of carbonyl (C=O) groups is 2. The predicted molar refractivity (Wildman–Crippen MR) is 149 cm³/mol. The van der Waals surface area contributed by atoms with E-state index in [0.29, 0.717) is 11.1 Å². The van der Waals surface area contributed by atoms with Crippen LogP contribution in [0, 0.1) is 0 Å². The Hall–Kier alpha value is -3.66. The van der Waals surface area contributed by atoms with Gasteiger partial charge in [-0.3, -0.25) is 9.59 Å². The third kappa shape index (κ3) is 5.76. The molecule has 1 heterocycles. The highest BCUT2D eigenvalue weighted by Gasteiger charge is 2.14. The fourth-order valence-corrected chi connectivity index (χ4v) is 4.75. The molecular weight excluding hydrogens is 446 g/mol. The summed E-state index contributed by atoms with van der Waals surface area (Å²) in [5.74, 6) is 0.779. The van der Waals surface area contributed by atoms with Crippen molar-refractivity contribution in [3.05, 3.63) is 83.4 Å². The first kappa shape index (κ1) is 25.4. The SMILES string of the molecule is CCCCCCCCn1c2ccc(C(C)=O)cc2c2cc(C(=O)/C=C/c3ccc(OC)cc3)ccc21. The van der Waals surface area contributed by atoms with E-state index in [2.05, 4.69) is 11.5 Å². The van der Waals surface area contributed by atoms with E-state index in [9.17, 15) is 9.59 Å². The van der Waals surface area contributed by atoms with Gasteiger partial charge in [-0.2, -0.15) is 0 Å². The van der Waals surface area contributed by atoms with Gasteiger partial charge in [0.05, 0.1) is 7.11 Å². The van der Waals surface area contributed by atoms with Gasteiger partial charge in [-0.25, -0.2) is 0 Å². The van der Waals surface area contributed by atoms with Crippen molar-refractivity contribution in [1.29, 1.82) is 0 Å². The topological polar surface area (TPSA) is 48.3 Å². The zero-order valence-electron chi connectivity index (χ0n) is 21.5. The molecule has 4 rings (SSSR count). The molecule has 3 aromatic carbocycles. The van der Waals surface area contributed by atoms with Crippen LogP contribution in [0.2, 0.25) is 0 Å². The maximum atomic E-state index is 13.0. The Bertz CT molecular complexity index is 1390. The third-order valence-corrected chi connectivity index (χ3v) is 6.83. The second-order valence-electron chi connectivity index (χ2n) is 9.41. The molecule has 4 aromatic rings. The van der Waals surface area contributed by atoms with E-state index in [0.717, 1.165) is 46.1 Å². The smallest absolute Gasteiger partial charge is 0.185 e. The zero-order chi connectivity index (χ0) is 25.5. The molecule has 0 aliphatic carbocycles. The van der Waals surface area contributed by atoms with Gasteiger partial charge in [0, 0.05) is 39.5 Å². The summed E-state index contributed by atoms with van der Waals surface area (Å²) in [6, 6.07) is 19.5. The number of aryl methyl sites for hydroxylation is 1. The monoisotopic (exact) mass is 481 g/mol. The first-order valence-electron chi connectivity index (χ1n) is 12.9. The van der Waals surface area contributed by atoms with Gasteiger partial charge in [0.15, 0.2) is 11.6 Å². The van der Waals surface area contributed by atoms with Crippen LogP contribution in [0.25, 0.3) is 27.9 Å². The third-order valence-electron chi connectivity index (χ3n) is 6.83. The number of methoxy groups -OCH3 is 1. The zero-order valence-corrected chi connectivity index (χ0v) is 21.5. The highest BCUT2D eigenvalue weighted by atomic mass is 16.5. The van der Waals surface area contributed by atoms with Gasteiger partial charge in [0.2, 0.25) is 0 Å². The number of carbonyl (C=O) groups excluding carboxylic acids is 2. The Morgan fingerprint density at radius 3 is 2.06 bits per heavy atom. The number of benzene rings is 3. The molecule has 0 fully saturated rings. The summed E-state index contributed by atoms with van der Waals surface area (Å²) in [6.45, 7) is 4.76. The van der Waals surface area contributed by atoms with E-state index in [1.54, 1.807) is 20.1 Å². The van der Waals surface area contributed by atoms with Gasteiger partial charge < -0.3 is 9.30 Å². The summed E-state index contributed by atoms with van der Waals surface area (Å²) in [4.78, 5) is 25.1. The standard InChI is InChI=1S/C32H35NO3/c1-4-5-6-7-8-9-20-33-30-17-13-25(23(2)34)21-28(30)29-22-26(14-18-31(29)33)32(35)19-12-24-10-15-27(36-3)16-11-24/h10-19,21-22H,4-9,20H2,1-3H3/b19-12+. The van der Waals surface area contributed by atoms with Crippen molar-refractivity contribution in [2.45, 2.75) is 58.9 Å². The number of ether oxygens (including phenoxy) is 1. The quantitative estimate of drug-likeness (QED) is 0.116. The van der Waals surface area contributed by atoms with Crippen molar-refractivity contribution < 1.29 is 14.3 Å². The van der Waals surface area contributed by atoms with Crippen LogP contribution < -0.4 is 4.74 Å². The predicted octanol–water partition coefficient (Wildman–Crippen LogP) is 8.26. The first-order valence-corrected chi connectivity index (χ1v) is 12.9. The second kappa shape index (κ2) is 11.9. The summed E-state index contributed by atoms with van der Waals surface area (Å²) >= 11 is 0. The van der Waals surface area contributed by atoms with Gasteiger partial charge in [0.25, 0.3) is 0 Å². The maximum absolute atomic E-state index is 13.0. The lowest BCUT2D eigenvalue weighted by atomic mass is 10.0. The van der Waals surface area contributed by atoms with E-state index in [-0.39, 0.29) is 11.6 Å². The fourth-order valence-electron chi connectivity index (χ4n) is 4.75. The molecule has 36 heavy (non-hydrogen) atoms. The molecular formula is C32H35NO3. The fraction of sp³-hybridized carbons (Fsp3) is 0.312. The van der Waals surface area contributed by atoms with Crippen molar-refractivity contribution >= 4 is 39.4 Å². The van der Waals surface area contributed by atoms with Crippen LogP contribution in [-0.4, -0.2) is 23.2 Å². The molecule has 0 aliphatic rings. The van der Waals surface area contributed by atoms with Crippen LogP contribution in [-0.2, 0) is 6.54 Å². The summed E-state index contributed by atoms with van der Waals surface area (Å²) in [7, 11) is 1.63. The van der Waals surface area contributed by atoms with Crippen molar-refractivity contribution in [1.82, 2.24) is 4.57 Å². The summed E-state index contributed by atoms with van der Waals surface area (Å²) < 4.78 is 7.54. The van der Waals surface area contributed by atoms with Gasteiger partial charge in [-0.15, -0.1) is 0 Å². The molecule has 4 heteroatoms. The molecule has 0 aliphatic heterocycles. The van der Waals surface area contributed by atoms with E-state index < -0.39 is 0 Å². The maximum Gasteiger partial charge on any atom is 0.185 e. The minimum absolute atomic E-state index is 0.0448. The molecule has 1 aromatic heterocycles. The Labute approximate surface area is 213 Å². The van der Waals surface area contributed by atoms with Crippen molar-refractivity contribution in [3.63, 3.8) is 0 Å². The van der Waals surface area contributed by atoms with Crippen molar-refractivity contribution in [3.8, 4) is 5.75 Å². The summed E-state index contributed by atoms with van der Waals surface area (Å²) in [5.41, 5.74) is 4.49. The number of Topliss-reactive ketones (excluding diaryl/α,β-unsaturated/α-hetero) is 1. The molecule has 0 saturated heterocycles. The second-order valence-corrected chi connectivity index (χ2v) is 9.41. The Kier molecular flexibility index (Phi) is 8.37. The number of hydrogen-bond acceptors (Lipinski definition) is 3. The summed E-state index contributed by atoms with van der Waals surface area (Å²) in [5, 5.41) is 2.04. The largest absolute Gasteiger partial charge is 0.497 e. The minimum Gasteiger partial charge on any atom is -0.497 e. The lowest BCUT2D eigenvalue weighted by Gasteiger charge is -2.08. The van der Waals surface area contributed by atoms with E-state index in [1.165, 1.54) is 32.1 Å². The van der Waals surface area contributed by atoms with Gasteiger partial charge in [-0.05, 0) is 73.5 Å². The molecule has 0 amide bonds. The number of rotatable bonds is 12. The average molecular weight is 482 g/mol. The Balaban J connectivity index is 1.64. The van der Waals surface area contributed by atoms with Gasteiger partial charge in [0.1, 0.15) is 5.75 Å². The molecule has 0 radical (unpaired) electrons. The lowest BCUT2D eigenvalue weighted by molar-refractivity contribution is 0.101. The molecule has 0 spiro atoms. The highest BCUT2D eigenvalue weighted by Crippen LogP contribution is 2.32. The van der Waals surface area contributed by atoms with Crippen molar-refractivity contribution in [2.24, 2.45) is 0 Å². The number of nitrogens with zero attached hydrogens (tertiary/aromatic N) is 1. The van der Waals surface area contributed by atoms with Crippen LogP contribution in [0.1, 0.15) is 78.7 Å². The van der Waals surface area contributed by atoms with Crippen LogP contribution >= 0.6 is 0 Å². The number of allylic oxidation sites excluding steroid dienone is 1. The number of unbranched alkanes of at least 4 members (excludes halogenated alkanes) is 5. The molecule has 0 saturated carbocycles. The number of aromatic nitrogens is 1. The first-order chi connectivity index (χ1) is 17.5. The number of fused-ring (bicyclic) bond motifs is 3. The molecule has 0 atom stereocenters. The minimum atomic E-state index is -0.0488. The number of ketones is 2. The summed E-state index contributed by atoms with van der Waals surface area (Å²) in [6.07, 6.45) is 10.9. The van der Waals surface area contributed by atoms with E-state index >= 15 is 0 Å². The molecule has 0 N–H and O–H groups in total. The molecule has 0 unspecified atom stereocenters. The van der Waals surface area contributed by atoms with E-state index in [4.69, 9.17) is 4.74 Å². The van der Waals surface area contributed by atoms with Crippen LogP contribution in [0.4, 0.5) is 0 Å². The van der Waals surface area contributed by atoms with Crippen LogP contribution in [0.5, 0.6) is 5.75 Å². The molecule has 186 valence electrons. The van der Waals surface area contributed by atoms with Gasteiger partial charge >= 0.3 is 0 Å². The average Bonchev–Trinajstić information content (AvgIpc) is 3.21. The normalized spacial score (nSPS) is 11.5. The molecule has 0 bridgehead atoms. The number of hydrogen-bond donors (Lipinski definition) is 0.